The van der Waals surface area contributed by atoms with Crippen LogP contribution in [0.25, 0.3) is 0 Å². The fourth-order valence-corrected chi connectivity index (χ4v) is 4.64. The predicted molar refractivity (Wildman–Crippen MR) is 146 cm³/mol. The van der Waals surface area contributed by atoms with Crippen LogP contribution in [0.4, 0.5) is 24.5 Å². The Balaban J connectivity index is 1.86. The first kappa shape index (κ1) is 30.0. The summed E-state index contributed by atoms with van der Waals surface area (Å²) in [6.45, 7) is 11.3. The van der Waals surface area contributed by atoms with Gasteiger partial charge in [-0.05, 0) is 68.7 Å². The van der Waals surface area contributed by atoms with Gasteiger partial charge >= 0.3 is 6.18 Å². The number of hydrogen-bond donors (Lipinski definition) is 1. The summed E-state index contributed by atoms with van der Waals surface area (Å²) in [5, 5.41) is 2.71. The molecule has 1 heterocycles. The molecule has 3 rings (SSSR count). The molecule has 7 nitrogen and oxygen atoms in total. The van der Waals surface area contributed by atoms with Gasteiger partial charge in [-0.3, -0.25) is 14.4 Å². The number of rotatable bonds is 8. The third-order valence-electron chi connectivity index (χ3n) is 6.78. The molecule has 2 aromatic rings. The highest BCUT2D eigenvalue weighted by Crippen LogP contribution is 2.30. The van der Waals surface area contributed by atoms with Gasteiger partial charge in [0.15, 0.2) is 0 Å². The minimum Gasteiger partial charge on any atom is -0.369 e. The Bertz CT molecular complexity index is 1160. The van der Waals surface area contributed by atoms with Gasteiger partial charge in [0.1, 0.15) is 0 Å². The zero-order valence-electron chi connectivity index (χ0n) is 23.0. The molecule has 0 bridgehead atoms. The number of halogens is 3. The maximum absolute atomic E-state index is 13.5. The predicted octanol–water partition coefficient (Wildman–Crippen LogP) is 5.52. The second kappa shape index (κ2) is 13.0. The second-order valence-corrected chi connectivity index (χ2v) is 10.1. The van der Waals surface area contributed by atoms with Crippen molar-refractivity contribution in [1.29, 1.82) is 0 Å². The molecule has 1 fully saturated rings. The van der Waals surface area contributed by atoms with Crippen LogP contribution in [-0.2, 0) is 11.0 Å². The van der Waals surface area contributed by atoms with E-state index in [0.29, 0.717) is 56.9 Å². The number of nitrogens with one attached hydrogen (secondary N) is 1. The molecule has 39 heavy (non-hydrogen) atoms. The first-order valence-corrected chi connectivity index (χ1v) is 13.4. The summed E-state index contributed by atoms with van der Waals surface area (Å²) in [7, 11) is 0. The Morgan fingerprint density at radius 1 is 0.949 bits per heavy atom. The smallest absolute Gasteiger partial charge is 0.369 e. The first-order valence-electron chi connectivity index (χ1n) is 13.4. The van der Waals surface area contributed by atoms with Gasteiger partial charge in [0.2, 0.25) is 5.91 Å². The molecular weight excluding hydrogens is 509 g/mol. The molecule has 1 aliphatic rings. The van der Waals surface area contributed by atoms with E-state index in [2.05, 4.69) is 10.2 Å². The molecule has 0 saturated carbocycles. The Kier molecular flexibility index (Phi) is 9.99. The van der Waals surface area contributed by atoms with Crippen LogP contribution < -0.4 is 10.2 Å². The molecule has 1 N–H and O–H groups in total. The van der Waals surface area contributed by atoms with E-state index in [0.717, 1.165) is 36.4 Å². The number of alkyl halides is 3. The molecule has 10 heteroatoms. The van der Waals surface area contributed by atoms with Crippen molar-refractivity contribution in [2.45, 2.75) is 46.7 Å². The SMILES string of the molecule is CCN(CC)C(=O)c1cc(NC(=O)c2ccc(C(F)(F)F)cc2)ccc1N1CCCN(C(=O)CC(C)C)CC1. The molecule has 0 atom stereocenters. The van der Waals surface area contributed by atoms with Gasteiger partial charge in [0.25, 0.3) is 11.8 Å². The van der Waals surface area contributed by atoms with E-state index < -0.39 is 17.6 Å². The average molecular weight is 547 g/mol. The summed E-state index contributed by atoms with van der Waals surface area (Å²) in [5.74, 6) is -0.350. The quantitative estimate of drug-likeness (QED) is 0.473. The van der Waals surface area contributed by atoms with Gasteiger partial charge < -0.3 is 20.0 Å². The average Bonchev–Trinajstić information content (AvgIpc) is 3.15. The van der Waals surface area contributed by atoms with E-state index in [-0.39, 0.29) is 23.3 Å². The lowest BCUT2D eigenvalue weighted by Gasteiger charge is -2.28. The number of anilines is 2. The van der Waals surface area contributed by atoms with Crippen molar-refractivity contribution in [2.75, 3.05) is 49.5 Å². The van der Waals surface area contributed by atoms with Gasteiger partial charge in [0.05, 0.1) is 11.1 Å². The zero-order chi connectivity index (χ0) is 28.7. The number of nitrogens with zero attached hydrogens (tertiary/aromatic N) is 3. The number of carbonyl (C=O) groups is 3. The largest absolute Gasteiger partial charge is 0.416 e. The van der Waals surface area contributed by atoms with Crippen LogP contribution in [0.1, 0.15) is 66.8 Å². The van der Waals surface area contributed by atoms with Gasteiger partial charge in [-0.25, -0.2) is 0 Å². The van der Waals surface area contributed by atoms with Crippen LogP contribution >= 0.6 is 0 Å². The van der Waals surface area contributed by atoms with E-state index in [1.54, 1.807) is 23.1 Å². The van der Waals surface area contributed by atoms with Crippen molar-refractivity contribution in [3.05, 3.63) is 59.2 Å². The van der Waals surface area contributed by atoms with Gasteiger partial charge in [0, 0.05) is 62.6 Å². The van der Waals surface area contributed by atoms with E-state index in [9.17, 15) is 27.6 Å². The third kappa shape index (κ3) is 7.74. The number of carbonyl (C=O) groups excluding carboxylic acids is 3. The third-order valence-corrected chi connectivity index (χ3v) is 6.78. The summed E-state index contributed by atoms with van der Waals surface area (Å²) in [6.07, 6.45) is -3.23. The highest BCUT2D eigenvalue weighted by Gasteiger charge is 2.30. The van der Waals surface area contributed by atoms with Crippen molar-refractivity contribution in [1.82, 2.24) is 9.80 Å². The summed E-state index contributed by atoms with van der Waals surface area (Å²) in [4.78, 5) is 44.6. The number of hydrogen-bond acceptors (Lipinski definition) is 4. The topological polar surface area (TPSA) is 73.0 Å². The zero-order valence-corrected chi connectivity index (χ0v) is 23.0. The summed E-state index contributed by atoms with van der Waals surface area (Å²) in [5.41, 5.74) is 0.742. The molecular formula is C29H37F3N4O3. The van der Waals surface area contributed by atoms with Crippen LogP contribution in [0.2, 0.25) is 0 Å². The fourth-order valence-electron chi connectivity index (χ4n) is 4.64. The summed E-state index contributed by atoms with van der Waals surface area (Å²) in [6, 6.07) is 9.05. The lowest BCUT2D eigenvalue weighted by atomic mass is 10.1. The van der Waals surface area contributed by atoms with Crippen LogP contribution in [0, 0.1) is 5.92 Å². The molecule has 1 saturated heterocycles. The molecule has 212 valence electrons. The van der Waals surface area contributed by atoms with Crippen molar-refractivity contribution in [2.24, 2.45) is 5.92 Å². The first-order chi connectivity index (χ1) is 18.4. The van der Waals surface area contributed by atoms with Crippen LogP contribution in [-0.4, -0.2) is 66.8 Å². The van der Waals surface area contributed by atoms with Crippen molar-refractivity contribution in [3.63, 3.8) is 0 Å². The molecule has 1 aliphatic heterocycles. The minimum absolute atomic E-state index is 0.0716. The summed E-state index contributed by atoms with van der Waals surface area (Å²) < 4.78 is 38.6. The van der Waals surface area contributed by atoms with E-state index in [1.807, 2.05) is 32.6 Å². The summed E-state index contributed by atoms with van der Waals surface area (Å²) >= 11 is 0. The molecule has 0 aromatic heterocycles. The van der Waals surface area contributed by atoms with E-state index in [4.69, 9.17) is 0 Å². The Morgan fingerprint density at radius 3 is 2.21 bits per heavy atom. The van der Waals surface area contributed by atoms with E-state index in [1.165, 1.54) is 0 Å². The van der Waals surface area contributed by atoms with Crippen LogP contribution in [0.15, 0.2) is 42.5 Å². The molecule has 2 aromatic carbocycles. The van der Waals surface area contributed by atoms with Crippen molar-refractivity contribution < 1.29 is 27.6 Å². The molecule has 0 radical (unpaired) electrons. The van der Waals surface area contributed by atoms with Gasteiger partial charge in [-0.15, -0.1) is 0 Å². The highest BCUT2D eigenvalue weighted by molar-refractivity contribution is 6.06. The molecule has 0 aliphatic carbocycles. The van der Waals surface area contributed by atoms with Gasteiger partial charge in [-0.2, -0.15) is 13.2 Å². The van der Waals surface area contributed by atoms with Crippen LogP contribution in [0.3, 0.4) is 0 Å². The van der Waals surface area contributed by atoms with Crippen molar-refractivity contribution in [3.8, 4) is 0 Å². The lowest BCUT2D eigenvalue weighted by Crippen LogP contribution is -2.37. The minimum atomic E-state index is -4.49. The Labute approximate surface area is 227 Å². The van der Waals surface area contributed by atoms with Gasteiger partial charge in [-0.1, -0.05) is 13.8 Å². The maximum Gasteiger partial charge on any atom is 0.416 e. The second-order valence-electron chi connectivity index (χ2n) is 10.1. The van der Waals surface area contributed by atoms with Crippen LogP contribution in [0.5, 0.6) is 0 Å². The Morgan fingerprint density at radius 2 is 1.62 bits per heavy atom. The maximum atomic E-state index is 13.5. The Hall–Kier alpha value is -3.56. The standard InChI is InChI=1S/C29H37F3N4O3/c1-5-34(6-2)28(39)24-19-23(33-27(38)21-8-10-22(11-9-21)29(30,31)32)12-13-25(24)35-14-7-15-36(17-16-35)26(37)18-20(3)4/h8-13,19-20H,5-7,14-18H2,1-4H3,(H,33,38). The highest BCUT2D eigenvalue weighted by atomic mass is 19.4. The number of amides is 3. The van der Waals surface area contributed by atoms with Crippen molar-refractivity contribution >= 4 is 29.1 Å². The molecule has 0 spiro atoms. The number of benzene rings is 2. The molecule has 3 amide bonds. The molecule has 0 unspecified atom stereocenters. The normalized spacial score (nSPS) is 14.3. The monoisotopic (exact) mass is 546 g/mol. The fraction of sp³-hybridized carbons (Fsp3) is 0.483. The van der Waals surface area contributed by atoms with E-state index >= 15 is 0 Å². The lowest BCUT2D eigenvalue weighted by molar-refractivity contribution is -0.137.